The lowest BCUT2D eigenvalue weighted by Crippen LogP contribution is -2.42. The molecule has 0 spiro atoms. The molecule has 0 aromatic carbocycles. The van der Waals surface area contributed by atoms with E-state index in [2.05, 4.69) is 15.6 Å². The van der Waals surface area contributed by atoms with Crippen LogP contribution in [0, 0.1) is 10.1 Å². The summed E-state index contributed by atoms with van der Waals surface area (Å²) in [6.07, 6.45) is 1.66. The number of nitro groups is 1. The molecule has 8 nitrogen and oxygen atoms in total. The molecule has 3 heterocycles. The minimum Gasteiger partial charge on any atom is -0.374 e. The summed E-state index contributed by atoms with van der Waals surface area (Å²) in [6, 6.07) is 0. The highest BCUT2D eigenvalue weighted by atomic mass is 32.1. The van der Waals surface area contributed by atoms with Crippen LogP contribution in [-0.4, -0.2) is 46.7 Å². The van der Waals surface area contributed by atoms with E-state index in [1.165, 1.54) is 15.7 Å². The lowest BCUT2D eigenvalue weighted by atomic mass is 10.3. The van der Waals surface area contributed by atoms with Crippen molar-refractivity contribution in [1.29, 1.82) is 0 Å². The number of nitrogens with one attached hydrogen (secondary N) is 2. The highest BCUT2D eigenvalue weighted by Crippen LogP contribution is 2.27. The van der Waals surface area contributed by atoms with Gasteiger partial charge in [0.15, 0.2) is 0 Å². The lowest BCUT2D eigenvalue weighted by molar-refractivity contribution is -0.389. The summed E-state index contributed by atoms with van der Waals surface area (Å²) >= 11 is 1.36. The fourth-order valence-electron chi connectivity index (χ4n) is 2.03. The monoisotopic (exact) mass is 283 g/mol. The molecule has 19 heavy (non-hydrogen) atoms. The number of imidazole rings is 1. The number of hydrogen-bond acceptors (Lipinski definition) is 7. The SMILES string of the molecule is O=[N+]([O-])c1c(NCC2CNCCO2)nc2sccn12. The standard InChI is InChI=1S/C10H13N5O3S/c16-15(17)9-8(13-10-14(9)2-4-19-10)12-6-7-5-11-1-3-18-7/h2,4,7,11-12H,1,3,5-6H2. The molecule has 102 valence electrons. The number of rotatable bonds is 4. The third-order valence-corrected chi connectivity index (χ3v) is 3.67. The Balaban J connectivity index is 1.77. The van der Waals surface area contributed by atoms with E-state index in [1.54, 1.807) is 11.6 Å². The van der Waals surface area contributed by atoms with Gasteiger partial charge in [0.05, 0.1) is 12.7 Å². The second-order valence-electron chi connectivity index (χ2n) is 4.17. The van der Waals surface area contributed by atoms with Crippen molar-refractivity contribution in [1.82, 2.24) is 14.7 Å². The summed E-state index contributed by atoms with van der Waals surface area (Å²) in [4.78, 5) is 15.5. The van der Waals surface area contributed by atoms with Gasteiger partial charge in [-0.05, 0) is 4.92 Å². The highest BCUT2D eigenvalue weighted by Gasteiger charge is 2.24. The molecule has 0 amide bonds. The third kappa shape index (κ3) is 2.39. The molecule has 3 rings (SSSR count). The zero-order valence-electron chi connectivity index (χ0n) is 10.0. The molecule has 1 unspecified atom stereocenters. The van der Waals surface area contributed by atoms with E-state index in [1.807, 2.05) is 0 Å². The van der Waals surface area contributed by atoms with Crippen LogP contribution in [0.15, 0.2) is 11.6 Å². The van der Waals surface area contributed by atoms with Gasteiger partial charge in [0.25, 0.3) is 4.96 Å². The highest BCUT2D eigenvalue weighted by molar-refractivity contribution is 7.15. The molecule has 2 aromatic heterocycles. The van der Waals surface area contributed by atoms with Gasteiger partial charge >= 0.3 is 5.82 Å². The van der Waals surface area contributed by atoms with Gasteiger partial charge in [-0.25, -0.2) is 0 Å². The fourth-order valence-corrected chi connectivity index (χ4v) is 2.74. The summed E-state index contributed by atoms with van der Waals surface area (Å²) in [7, 11) is 0. The van der Waals surface area contributed by atoms with Gasteiger partial charge in [0, 0.05) is 25.0 Å². The molecule has 0 bridgehead atoms. The summed E-state index contributed by atoms with van der Waals surface area (Å²) in [6.45, 7) is 2.74. The Morgan fingerprint density at radius 3 is 3.37 bits per heavy atom. The van der Waals surface area contributed by atoms with Gasteiger partial charge < -0.3 is 25.5 Å². The lowest BCUT2D eigenvalue weighted by Gasteiger charge is -2.23. The average Bonchev–Trinajstić information content (AvgIpc) is 2.96. The van der Waals surface area contributed by atoms with Crippen molar-refractivity contribution in [2.45, 2.75) is 6.10 Å². The molecule has 0 aliphatic carbocycles. The minimum absolute atomic E-state index is 0.00749. The van der Waals surface area contributed by atoms with E-state index < -0.39 is 4.92 Å². The van der Waals surface area contributed by atoms with Gasteiger partial charge in [-0.2, -0.15) is 9.38 Å². The molecular formula is C10H13N5O3S. The molecule has 1 saturated heterocycles. The maximum absolute atomic E-state index is 11.1. The largest absolute Gasteiger partial charge is 0.374 e. The van der Waals surface area contributed by atoms with Gasteiger partial charge in [0.2, 0.25) is 5.82 Å². The van der Waals surface area contributed by atoms with Crippen LogP contribution in [0.1, 0.15) is 0 Å². The van der Waals surface area contributed by atoms with Gasteiger partial charge in [-0.1, -0.05) is 11.3 Å². The molecular weight excluding hydrogens is 270 g/mol. The average molecular weight is 283 g/mol. The van der Waals surface area contributed by atoms with Crippen molar-refractivity contribution in [2.75, 3.05) is 31.6 Å². The van der Waals surface area contributed by atoms with Crippen LogP contribution in [-0.2, 0) is 4.74 Å². The molecule has 1 aliphatic heterocycles. The molecule has 1 atom stereocenters. The van der Waals surface area contributed by atoms with Crippen molar-refractivity contribution in [3.05, 3.63) is 21.7 Å². The Morgan fingerprint density at radius 2 is 2.63 bits per heavy atom. The number of anilines is 1. The Hall–Kier alpha value is -1.71. The van der Waals surface area contributed by atoms with Crippen molar-refractivity contribution in [3.63, 3.8) is 0 Å². The van der Waals surface area contributed by atoms with Crippen LogP contribution in [0.4, 0.5) is 11.6 Å². The van der Waals surface area contributed by atoms with Crippen molar-refractivity contribution >= 4 is 27.9 Å². The zero-order valence-corrected chi connectivity index (χ0v) is 10.9. The van der Waals surface area contributed by atoms with E-state index in [4.69, 9.17) is 4.74 Å². The summed E-state index contributed by atoms with van der Waals surface area (Å²) in [5, 5.41) is 19.1. The number of hydrogen-bond donors (Lipinski definition) is 2. The smallest absolute Gasteiger partial charge is 0.372 e. The second kappa shape index (κ2) is 5.11. The first kappa shape index (κ1) is 12.3. The Bertz CT molecular complexity index is 589. The number of fused-ring (bicyclic) bond motifs is 1. The molecule has 2 N–H and O–H groups in total. The normalized spacial score (nSPS) is 19.7. The van der Waals surface area contributed by atoms with Gasteiger partial charge in [-0.15, -0.1) is 0 Å². The van der Waals surface area contributed by atoms with Crippen molar-refractivity contribution < 1.29 is 9.66 Å². The van der Waals surface area contributed by atoms with Crippen LogP contribution in [0.5, 0.6) is 0 Å². The first-order valence-corrected chi connectivity index (χ1v) is 6.80. The van der Waals surface area contributed by atoms with E-state index in [-0.39, 0.29) is 11.9 Å². The topological polar surface area (TPSA) is 93.7 Å². The van der Waals surface area contributed by atoms with Crippen LogP contribution in [0.2, 0.25) is 0 Å². The Labute approximate surface area is 112 Å². The molecule has 0 radical (unpaired) electrons. The van der Waals surface area contributed by atoms with Crippen LogP contribution in [0.3, 0.4) is 0 Å². The first-order valence-electron chi connectivity index (χ1n) is 5.92. The molecule has 1 fully saturated rings. The second-order valence-corrected chi connectivity index (χ2v) is 5.05. The van der Waals surface area contributed by atoms with Gasteiger partial charge in [-0.3, -0.25) is 0 Å². The van der Waals surface area contributed by atoms with Crippen LogP contribution in [0.25, 0.3) is 4.96 Å². The maximum atomic E-state index is 11.1. The zero-order chi connectivity index (χ0) is 13.2. The Morgan fingerprint density at radius 1 is 1.74 bits per heavy atom. The summed E-state index contributed by atoms with van der Waals surface area (Å²) in [5.41, 5.74) is 0. The third-order valence-electron chi connectivity index (χ3n) is 2.91. The molecule has 9 heteroatoms. The maximum Gasteiger partial charge on any atom is 0.372 e. The van der Waals surface area contributed by atoms with Gasteiger partial charge in [0.1, 0.15) is 6.20 Å². The number of thiazole rings is 1. The predicted octanol–water partition coefficient (Wildman–Crippen LogP) is 0.704. The number of morpholine rings is 1. The minimum atomic E-state index is -0.422. The van der Waals surface area contributed by atoms with Crippen molar-refractivity contribution in [2.24, 2.45) is 0 Å². The van der Waals surface area contributed by atoms with Crippen LogP contribution < -0.4 is 10.6 Å². The fraction of sp³-hybridized carbons (Fsp3) is 0.500. The number of nitrogens with zero attached hydrogens (tertiary/aromatic N) is 3. The van der Waals surface area contributed by atoms with E-state index in [0.29, 0.717) is 23.9 Å². The van der Waals surface area contributed by atoms with E-state index in [9.17, 15) is 10.1 Å². The molecule has 1 aliphatic rings. The van der Waals surface area contributed by atoms with E-state index in [0.717, 1.165) is 13.1 Å². The Kier molecular flexibility index (Phi) is 3.32. The molecule has 2 aromatic rings. The summed E-state index contributed by atoms with van der Waals surface area (Å²) < 4.78 is 7.01. The number of aromatic nitrogens is 2. The van der Waals surface area contributed by atoms with Crippen molar-refractivity contribution in [3.8, 4) is 0 Å². The molecule has 0 saturated carbocycles. The first-order chi connectivity index (χ1) is 9.25. The predicted molar refractivity (Wildman–Crippen MR) is 70.8 cm³/mol. The van der Waals surface area contributed by atoms with Crippen LogP contribution >= 0.6 is 11.3 Å². The number of ether oxygens (including phenoxy) is 1. The quantitative estimate of drug-likeness (QED) is 0.634. The summed E-state index contributed by atoms with van der Waals surface area (Å²) in [5.74, 6) is 0.269. The van der Waals surface area contributed by atoms with E-state index >= 15 is 0 Å².